The highest BCUT2D eigenvalue weighted by atomic mass is 32.2. The molecule has 0 radical (unpaired) electrons. The molecule has 1 fully saturated rings. The fourth-order valence-electron chi connectivity index (χ4n) is 1.11. The molecular weight excluding hydrogens is 158 g/mol. The van der Waals surface area contributed by atoms with Crippen LogP contribution in [-0.2, 0) is 4.74 Å². The summed E-state index contributed by atoms with van der Waals surface area (Å²) in [5.74, 6) is 3.73. The molecule has 0 aromatic heterocycles. The van der Waals surface area contributed by atoms with Crippen LogP contribution in [0.25, 0.3) is 0 Å². The van der Waals surface area contributed by atoms with Crippen LogP contribution in [-0.4, -0.2) is 31.3 Å². The Morgan fingerprint density at radius 1 is 1.36 bits per heavy atom. The minimum Gasteiger partial charge on any atom is -0.380 e. The largest absolute Gasteiger partial charge is 0.380 e. The number of hydrogen-bond donors (Lipinski definition) is 1. The van der Waals surface area contributed by atoms with Crippen LogP contribution in [0.5, 0.6) is 0 Å². The smallest absolute Gasteiger partial charge is 0.0588 e. The summed E-state index contributed by atoms with van der Waals surface area (Å²) in [6.45, 7) is 2.27. The van der Waals surface area contributed by atoms with Crippen molar-refractivity contribution in [2.45, 2.75) is 12.8 Å². The molecule has 66 valence electrons. The molecule has 0 spiro atoms. The van der Waals surface area contributed by atoms with Crippen LogP contribution in [0.2, 0.25) is 0 Å². The van der Waals surface area contributed by atoms with Crippen molar-refractivity contribution in [1.29, 1.82) is 0 Å². The van der Waals surface area contributed by atoms with Gasteiger partial charge in [0.25, 0.3) is 0 Å². The van der Waals surface area contributed by atoms with Gasteiger partial charge in [-0.3, -0.25) is 0 Å². The maximum absolute atomic E-state index is 5.28. The van der Waals surface area contributed by atoms with Gasteiger partial charge in [0.15, 0.2) is 0 Å². The standard InChI is InChI=1S/C8H17NOS/c9-3-5-10-4-1-2-8-6-11-7-8/h8H,1-7,9H2. The van der Waals surface area contributed by atoms with Gasteiger partial charge in [0.2, 0.25) is 0 Å². The third-order valence-electron chi connectivity index (χ3n) is 1.87. The molecule has 0 aromatic rings. The third kappa shape index (κ3) is 3.99. The Morgan fingerprint density at radius 2 is 2.18 bits per heavy atom. The average molecular weight is 175 g/mol. The van der Waals surface area contributed by atoms with Gasteiger partial charge < -0.3 is 10.5 Å². The van der Waals surface area contributed by atoms with Crippen LogP contribution in [0.4, 0.5) is 0 Å². The lowest BCUT2D eigenvalue weighted by molar-refractivity contribution is 0.135. The Morgan fingerprint density at radius 3 is 2.73 bits per heavy atom. The van der Waals surface area contributed by atoms with E-state index in [1.165, 1.54) is 24.3 Å². The minimum atomic E-state index is 0.652. The first kappa shape index (κ1) is 9.36. The normalized spacial score (nSPS) is 18.3. The molecule has 2 N–H and O–H groups in total. The van der Waals surface area contributed by atoms with E-state index in [2.05, 4.69) is 11.8 Å². The summed E-state index contributed by atoms with van der Waals surface area (Å²) in [6.07, 6.45) is 2.56. The van der Waals surface area contributed by atoms with E-state index in [0.717, 1.165) is 19.1 Å². The molecule has 1 saturated heterocycles. The van der Waals surface area contributed by atoms with Gasteiger partial charge >= 0.3 is 0 Å². The van der Waals surface area contributed by atoms with E-state index in [9.17, 15) is 0 Å². The fourth-order valence-corrected chi connectivity index (χ4v) is 2.01. The third-order valence-corrected chi connectivity index (χ3v) is 3.28. The zero-order valence-corrected chi connectivity index (χ0v) is 7.74. The SMILES string of the molecule is NCCOCCCC1CSC1. The molecule has 0 bridgehead atoms. The summed E-state index contributed by atoms with van der Waals surface area (Å²) in [6, 6.07) is 0. The second-order valence-electron chi connectivity index (χ2n) is 2.95. The summed E-state index contributed by atoms with van der Waals surface area (Å²) >= 11 is 2.05. The summed E-state index contributed by atoms with van der Waals surface area (Å²) in [7, 11) is 0. The van der Waals surface area contributed by atoms with Crippen molar-refractivity contribution in [3.63, 3.8) is 0 Å². The lowest BCUT2D eigenvalue weighted by Crippen LogP contribution is -2.18. The van der Waals surface area contributed by atoms with E-state index in [4.69, 9.17) is 10.5 Å². The fraction of sp³-hybridized carbons (Fsp3) is 1.00. The first-order chi connectivity index (χ1) is 5.43. The Balaban J connectivity index is 1.73. The molecule has 2 nitrogen and oxygen atoms in total. The molecule has 0 unspecified atom stereocenters. The minimum absolute atomic E-state index is 0.652. The van der Waals surface area contributed by atoms with Crippen LogP contribution < -0.4 is 5.73 Å². The zero-order valence-electron chi connectivity index (χ0n) is 6.92. The molecule has 1 heterocycles. The van der Waals surface area contributed by atoms with Gasteiger partial charge in [-0.1, -0.05) is 0 Å². The number of rotatable bonds is 6. The van der Waals surface area contributed by atoms with E-state index in [-0.39, 0.29) is 0 Å². The van der Waals surface area contributed by atoms with Crippen molar-refractivity contribution >= 4 is 11.8 Å². The highest BCUT2D eigenvalue weighted by Gasteiger charge is 2.16. The topological polar surface area (TPSA) is 35.2 Å². The predicted molar refractivity (Wildman–Crippen MR) is 49.9 cm³/mol. The van der Waals surface area contributed by atoms with Crippen LogP contribution in [0, 0.1) is 5.92 Å². The van der Waals surface area contributed by atoms with Crippen molar-refractivity contribution in [3.8, 4) is 0 Å². The second kappa shape index (κ2) is 5.86. The predicted octanol–water partition coefficient (Wildman–Crippen LogP) is 1.10. The summed E-state index contributed by atoms with van der Waals surface area (Å²) in [5.41, 5.74) is 5.28. The highest BCUT2D eigenvalue weighted by molar-refractivity contribution is 8.00. The Kier molecular flexibility index (Phi) is 4.99. The maximum Gasteiger partial charge on any atom is 0.0588 e. The van der Waals surface area contributed by atoms with Crippen LogP contribution >= 0.6 is 11.8 Å². The van der Waals surface area contributed by atoms with Crippen molar-refractivity contribution in [2.24, 2.45) is 11.7 Å². The average Bonchev–Trinajstić information content (AvgIpc) is 1.93. The molecule has 11 heavy (non-hydrogen) atoms. The molecule has 1 aliphatic heterocycles. The summed E-state index contributed by atoms with van der Waals surface area (Å²) in [5, 5.41) is 0. The van der Waals surface area contributed by atoms with Crippen molar-refractivity contribution in [2.75, 3.05) is 31.3 Å². The van der Waals surface area contributed by atoms with Gasteiger partial charge in [-0.25, -0.2) is 0 Å². The first-order valence-corrected chi connectivity index (χ1v) is 5.44. The van der Waals surface area contributed by atoms with E-state index in [1.807, 2.05) is 0 Å². The van der Waals surface area contributed by atoms with Crippen LogP contribution in [0.15, 0.2) is 0 Å². The Labute approximate surface area is 72.9 Å². The molecule has 1 aliphatic rings. The quantitative estimate of drug-likeness (QED) is 0.614. The Bertz CT molecular complexity index is 96.1. The van der Waals surface area contributed by atoms with Crippen molar-refractivity contribution < 1.29 is 4.74 Å². The van der Waals surface area contributed by atoms with E-state index >= 15 is 0 Å². The van der Waals surface area contributed by atoms with Crippen LogP contribution in [0.1, 0.15) is 12.8 Å². The van der Waals surface area contributed by atoms with Gasteiger partial charge in [-0.2, -0.15) is 11.8 Å². The number of thioether (sulfide) groups is 1. The molecule has 1 rings (SSSR count). The highest BCUT2D eigenvalue weighted by Crippen LogP contribution is 2.28. The number of hydrogen-bond acceptors (Lipinski definition) is 3. The summed E-state index contributed by atoms with van der Waals surface area (Å²) < 4.78 is 5.27. The lowest BCUT2D eigenvalue weighted by Gasteiger charge is -2.24. The van der Waals surface area contributed by atoms with Gasteiger partial charge in [-0.15, -0.1) is 0 Å². The van der Waals surface area contributed by atoms with Crippen molar-refractivity contribution in [3.05, 3.63) is 0 Å². The van der Waals surface area contributed by atoms with E-state index in [0.29, 0.717) is 6.54 Å². The zero-order chi connectivity index (χ0) is 7.94. The lowest BCUT2D eigenvalue weighted by atomic mass is 10.1. The number of nitrogens with two attached hydrogens (primary N) is 1. The van der Waals surface area contributed by atoms with Gasteiger partial charge in [0, 0.05) is 13.2 Å². The molecular formula is C8H17NOS. The monoisotopic (exact) mass is 175 g/mol. The molecule has 0 amide bonds. The van der Waals surface area contributed by atoms with Crippen LogP contribution in [0.3, 0.4) is 0 Å². The molecule has 3 heteroatoms. The number of ether oxygens (including phenoxy) is 1. The van der Waals surface area contributed by atoms with Gasteiger partial charge in [0.05, 0.1) is 6.61 Å². The first-order valence-electron chi connectivity index (χ1n) is 4.29. The van der Waals surface area contributed by atoms with E-state index < -0.39 is 0 Å². The molecule has 0 aromatic carbocycles. The van der Waals surface area contributed by atoms with Gasteiger partial charge in [-0.05, 0) is 30.3 Å². The van der Waals surface area contributed by atoms with Gasteiger partial charge in [0.1, 0.15) is 0 Å². The maximum atomic E-state index is 5.28. The molecule has 0 atom stereocenters. The molecule has 0 aliphatic carbocycles. The summed E-state index contributed by atoms with van der Waals surface area (Å²) in [4.78, 5) is 0. The second-order valence-corrected chi connectivity index (χ2v) is 4.02. The molecule has 0 saturated carbocycles. The van der Waals surface area contributed by atoms with Crippen molar-refractivity contribution in [1.82, 2.24) is 0 Å². The Hall–Kier alpha value is 0.270. The van der Waals surface area contributed by atoms with E-state index in [1.54, 1.807) is 0 Å².